The molecule has 0 saturated heterocycles. The van der Waals surface area contributed by atoms with Crippen molar-refractivity contribution in [1.29, 1.82) is 0 Å². The van der Waals surface area contributed by atoms with Gasteiger partial charge in [-0.05, 0) is 40.9 Å². The van der Waals surface area contributed by atoms with Crippen LogP contribution in [0.4, 0.5) is 0 Å². The second-order valence-electron chi connectivity index (χ2n) is 4.13. The molecule has 0 aliphatic carbocycles. The van der Waals surface area contributed by atoms with Crippen molar-refractivity contribution in [1.82, 2.24) is 5.32 Å². The van der Waals surface area contributed by atoms with E-state index >= 15 is 0 Å². The predicted octanol–water partition coefficient (Wildman–Crippen LogP) is 3.79. The van der Waals surface area contributed by atoms with Crippen molar-refractivity contribution in [2.24, 2.45) is 0 Å². The second-order valence-corrected chi connectivity index (χ2v) is 6.42. The van der Waals surface area contributed by atoms with Gasteiger partial charge in [-0.3, -0.25) is 4.79 Å². The molecule has 0 aliphatic heterocycles. The summed E-state index contributed by atoms with van der Waals surface area (Å²) in [6.07, 6.45) is 0.860. The number of halogens is 1. The first kappa shape index (κ1) is 13.3. The fourth-order valence-electron chi connectivity index (χ4n) is 1.72. The minimum atomic E-state index is -0.00963. The van der Waals surface area contributed by atoms with Crippen LogP contribution in [0.3, 0.4) is 0 Å². The predicted molar refractivity (Wildman–Crippen MR) is 79.2 cm³/mol. The molecule has 0 radical (unpaired) electrons. The molecule has 0 atom stereocenters. The summed E-state index contributed by atoms with van der Waals surface area (Å²) in [4.78, 5) is 11.8. The number of carbonyl (C=O) groups is 1. The lowest BCUT2D eigenvalue weighted by atomic mass is 10.1. The maximum Gasteiger partial charge on any atom is 0.252 e. The van der Waals surface area contributed by atoms with E-state index in [1.807, 2.05) is 17.5 Å². The molecule has 94 valence electrons. The summed E-state index contributed by atoms with van der Waals surface area (Å²) in [5.41, 5.74) is 3.22. The highest BCUT2D eigenvalue weighted by atomic mass is 79.9. The van der Waals surface area contributed by atoms with Gasteiger partial charge in [0.25, 0.3) is 5.91 Å². The standard InChI is InChI=1S/C14H14BrNOS/c1-10-3-2-4-11(7-10)5-6-16-14(17)12-8-13(15)18-9-12/h2-4,7-9H,5-6H2,1H3,(H,16,17). The first-order chi connectivity index (χ1) is 8.65. The normalized spacial score (nSPS) is 10.3. The first-order valence-electron chi connectivity index (χ1n) is 5.73. The molecule has 4 heteroatoms. The molecule has 0 unspecified atom stereocenters. The number of carbonyl (C=O) groups excluding carboxylic acids is 1. The Hall–Kier alpha value is -1.13. The van der Waals surface area contributed by atoms with Crippen molar-refractivity contribution < 1.29 is 4.79 Å². The SMILES string of the molecule is Cc1cccc(CCNC(=O)c2csc(Br)c2)c1. The molecule has 1 aromatic carbocycles. The Balaban J connectivity index is 1.84. The van der Waals surface area contributed by atoms with Crippen LogP contribution in [0.15, 0.2) is 39.5 Å². The number of nitrogens with one attached hydrogen (secondary N) is 1. The number of thiophene rings is 1. The average Bonchev–Trinajstić information content (AvgIpc) is 2.76. The van der Waals surface area contributed by atoms with Gasteiger partial charge in [-0.25, -0.2) is 0 Å². The van der Waals surface area contributed by atoms with E-state index in [0.29, 0.717) is 6.54 Å². The van der Waals surface area contributed by atoms with Crippen LogP contribution in [0.2, 0.25) is 0 Å². The molecule has 0 saturated carbocycles. The molecule has 2 nitrogen and oxygen atoms in total. The van der Waals surface area contributed by atoms with Crippen molar-refractivity contribution in [2.75, 3.05) is 6.54 Å². The zero-order chi connectivity index (χ0) is 13.0. The molecule has 0 fully saturated rings. The van der Waals surface area contributed by atoms with Gasteiger partial charge in [0.05, 0.1) is 9.35 Å². The summed E-state index contributed by atoms with van der Waals surface area (Å²) in [5, 5.41) is 4.78. The van der Waals surface area contributed by atoms with E-state index in [-0.39, 0.29) is 5.91 Å². The third-order valence-electron chi connectivity index (χ3n) is 2.61. The average molecular weight is 324 g/mol. The second kappa shape index (κ2) is 6.16. The van der Waals surface area contributed by atoms with Crippen LogP contribution in [-0.4, -0.2) is 12.5 Å². The Morgan fingerprint density at radius 1 is 1.39 bits per heavy atom. The molecule has 1 amide bonds. The van der Waals surface area contributed by atoms with E-state index < -0.39 is 0 Å². The molecule has 2 rings (SSSR count). The number of rotatable bonds is 4. The van der Waals surface area contributed by atoms with Gasteiger partial charge in [0, 0.05) is 11.9 Å². The molecular formula is C14H14BrNOS. The first-order valence-corrected chi connectivity index (χ1v) is 7.40. The number of hydrogen-bond donors (Lipinski definition) is 1. The molecule has 1 N–H and O–H groups in total. The summed E-state index contributed by atoms with van der Waals surface area (Å²) in [6, 6.07) is 10.2. The summed E-state index contributed by atoms with van der Waals surface area (Å²) in [5.74, 6) is -0.00963. The monoisotopic (exact) mass is 323 g/mol. The minimum Gasteiger partial charge on any atom is -0.352 e. The molecule has 0 bridgehead atoms. The number of hydrogen-bond acceptors (Lipinski definition) is 2. The van der Waals surface area contributed by atoms with Crippen LogP contribution in [-0.2, 0) is 6.42 Å². The third kappa shape index (κ3) is 3.68. The maximum atomic E-state index is 11.8. The van der Waals surface area contributed by atoms with Crippen molar-refractivity contribution in [3.63, 3.8) is 0 Å². The van der Waals surface area contributed by atoms with Crippen LogP contribution in [0.25, 0.3) is 0 Å². The van der Waals surface area contributed by atoms with E-state index in [1.54, 1.807) is 0 Å². The minimum absolute atomic E-state index is 0.00963. The van der Waals surface area contributed by atoms with Gasteiger partial charge in [-0.2, -0.15) is 0 Å². The Morgan fingerprint density at radius 2 is 2.22 bits per heavy atom. The highest BCUT2D eigenvalue weighted by Gasteiger charge is 2.06. The quantitative estimate of drug-likeness (QED) is 0.911. The summed E-state index contributed by atoms with van der Waals surface area (Å²) in [7, 11) is 0. The molecule has 1 heterocycles. The molecular weight excluding hydrogens is 310 g/mol. The van der Waals surface area contributed by atoms with Crippen LogP contribution < -0.4 is 5.32 Å². The van der Waals surface area contributed by atoms with Gasteiger partial charge in [-0.15, -0.1) is 11.3 Å². The van der Waals surface area contributed by atoms with Crippen molar-refractivity contribution in [2.45, 2.75) is 13.3 Å². The van der Waals surface area contributed by atoms with Crippen molar-refractivity contribution in [3.05, 3.63) is 56.2 Å². The maximum absolute atomic E-state index is 11.8. The lowest BCUT2D eigenvalue weighted by Crippen LogP contribution is -2.25. The van der Waals surface area contributed by atoms with E-state index in [2.05, 4.69) is 46.4 Å². The van der Waals surface area contributed by atoms with E-state index in [9.17, 15) is 4.79 Å². The zero-order valence-electron chi connectivity index (χ0n) is 10.1. The highest BCUT2D eigenvalue weighted by Crippen LogP contribution is 2.20. The zero-order valence-corrected chi connectivity index (χ0v) is 12.5. The molecule has 2 aromatic rings. The largest absolute Gasteiger partial charge is 0.352 e. The molecule has 1 aromatic heterocycles. The summed E-state index contributed by atoms with van der Waals surface area (Å²) < 4.78 is 0.978. The van der Waals surface area contributed by atoms with E-state index in [1.165, 1.54) is 22.5 Å². The number of aryl methyl sites for hydroxylation is 1. The van der Waals surface area contributed by atoms with Crippen LogP contribution >= 0.6 is 27.3 Å². The lowest BCUT2D eigenvalue weighted by Gasteiger charge is -2.04. The van der Waals surface area contributed by atoms with Gasteiger partial charge in [0.15, 0.2) is 0 Å². The van der Waals surface area contributed by atoms with Gasteiger partial charge < -0.3 is 5.32 Å². The summed E-state index contributed by atoms with van der Waals surface area (Å²) >= 11 is 4.87. The molecule has 18 heavy (non-hydrogen) atoms. The number of benzene rings is 1. The smallest absolute Gasteiger partial charge is 0.252 e. The van der Waals surface area contributed by atoms with Crippen molar-refractivity contribution >= 4 is 33.2 Å². The van der Waals surface area contributed by atoms with Crippen LogP contribution in [0.5, 0.6) is 0 Å². The van der Waals surface area contributed by atoms with Crippen LogP contribution in [0.1, 0.15) is 21.5 Å². The topological polar surface area (TPSA) is 29.1 Å². The Morgan fingerprint density at radius 3 is 2.89 bits per heavy atom. The Kier molecular flexibility index (Phi) is 4.55. The van der Waals surface area contributed by atoms with Crippen molar-refractivity contribution in [3.8, 4) is 0 Å². The van der Waals surface area contributed by atoms with Gasteiger partial charge in [-0.1, -0.05) is 29.8 Å². The lowest BCUT2D eigenvalue weighted by molar-refractivity contribution is 0.0954. The molecule has 0 aliphatic rings. The van der Waals surface area contributed by atoms with Gasteiger partial charge >= 0.3 is 0 Å². The Bertz CT molecular complexity index is 550. The van der Waals surface area contributed by atoms with E-state index in [4.69, 9.17) is 0 Å². The van der Waals surface area contributed by atoms with Gasteiger partial charge in [0.1, 0.15) is 0 Å². The Labute approximate surface area is 119 Å². The highest BCUT2D eigenvalue weighted by molar-refractivity contribution is 9.11. The fraction of sp³-hybridized carbons (Fsp3) is 0.214. The fourth-order valence-corrected chi connectivity index (χ4v) is 2.86. The number of amides is 1. The molecule has 0 spiro atoms. The van der Waals surface area contributed by atoms with Crippen LogP contribution in [0, 0.1) is 6.92 Å². The van der Waals surface area contributed by atoms with E-state index in [0.717, 1.165) is 15.8 Å². The van der Waals surface area contributed by atoms with Gasteiger partial charge in [0.2, 0.25) is 0 Å². The summed E-state index contributed by atoms with van der Waals surface area (Å²) in [6.45, 7) is 2.74. The third-order valence-corrected chi connectivity index (χ3v) is 4.12.